The number of carbonyl (C=O) groups is 1. The quantitative estimate of drug-likeness (QED) is 0.0407. The molecule has 5 rings (SSSR count). The Morgan fingerprint density at radius 1 is 0.821 bits per heavy atom. The van der Waals surface area contributed by atoms with Crippen LogP contribution in [0, 0.1) is 0 Å². The maximum Gasteiger partial charge on any atom is 0.228 e. The third kappa shape index (κ3) is 14.5. The lowest BCUT2D eigenvalue weighted by Gasteiger charge is -2.56. The van der Waals surface area contributed by atoms with Crippen molar-refractivity contribution in [2.75, 3.05) is 69.7 Å². The number of carbonyl (C=O) groups excluding carboxylic acids is 1. The zero-order valence-corrected chi connectivity index (χ0v) is 46.1. The van der Waals surface area contributed by atoms with Gasteiger partial charge in [0.05, 0.1) is 38.1 Å². The predicted octanol–water partition coefficient (Wildman–Crippen LogP) is 15.3. The number of methoxy groups -OCH3 is 1. The first-order valence-electron chi connectivity index (χ1n) is 25.3. The third-order valence-corrected chi connectivity index (χ3v) is 22.6. The van der Waals surface area contributed by atoms with Gasteiger partial charge in [-0.3, -0.25) is 4.99 Å². The summed E-state index contributed by atoms with van der Waals surface area (Å²) in [6.45, 7) is 20.2. The molecular formula is C57H92N2O6S2. The molecule has 2 heterocycles. The van der Waals surface area contributed by atoms with Gasteiger partial charge < -0.3 is 32.8 Å². The number of allylic oxidation sites excluding steroid dienone is 1. The lowest BCUT2D eigenvalue weighted by atomic mass is 9.77. The first kappa shape index (κ1) is 56.6. The van der Waals surface area contributed by atoms with Gasteiger partial charge in [0.15, 0.2) is 0 Å². The Kier molecular flexibility index (Phi) is 21.7. The summed E-state index contributed by atoms with van der Waals surface area (Å²) in [6, 6.07) is 18.6. The average Bonchev–Trinajstić information content (AvgIpc) is 3.45. The van der Waals surface area contributed by atoms with Crippen LogP contribution in [0.5, 0.6) is 11.5 Å². The van der Waals surface area contributed by atoms with E-state index in [1.54, 1.807) is 7.11 Å². The molecule has 1 spiro atoms. The maximum atomic E-state index is 11.1. The molecule has 3 aromatic carbocycles. The van der Waals surface area contributed by atoms with E-state index in [2.05, 4.69) is 141 Å². The monoisotopic (exact) mass is 965 g/mol. The van der Waals surface area contributed by atoms with Crippen LogP contribution in [-0.4, -0.2) is 98.8 Å². The van der Waals surface area contributed by atoms with Crippen LogP contribution in [0.3, 0.4) is 0 Å². The van der Waals surface area contributed by atoms with Crippen molar-refractivity contribution in [1.29, 1.82) is 0 Å². The highest BCUT2D eigenvalue weighted by Crippen LogP contribution is 2.65. The van der Waals surface area contributed by atoms with Crippen LogP contribution in [0.4, 0.5) is 11.4 Å². The van der Waals surface area contributed by atoms with E-state index in [1.807, 2.05) is 24.4 Å². The second kappa shape index (κ2) is 25.7. The molecule has 0 saturated carbocycles. The molecule has 378 valence electrons. The van der Waals surface area contributed by atoms with Crippen molar-refractivity contribution in [2.24, 2.45) is 4.99 Å². The van der Waals surface area contributed by atoms with Gasteiger partial charge >= 0.3 is 0 Å². The molecule has 0 fully saturated rings. The summed E-state index contributed by atoms with van der Waals surface area (Å²) >= 11 is 0. The molecule has 8 nitrogen and oxygen atoms in total. The van der Waals surface area contributed by atoms with Gasteiger partial charge in [-0.05, 0) is 132 Å². The van der Waals surface area contributed by atoms with Gasteiger partial charge in [-0.2, -0.15) is 0 Å². The maximum absolute atomic E-state index is 11.1. The molecule has 3 aromatic rings. The average molecular weight is 966 g/mol. The number of benzene rings is 3. The number of para-hydroxylation sites is 1. The summed E-state index contributed by atoms with van der Waals surface area (Å²) < 4.78 is 31.1. The predicted molar refractivity (Wildman–Crippen MR) is 295 cm³/mol. The van der Waals surface area contributed by atoms with Gasteiger partial charge in [-0.1, -0.05) is 115 Å². The van der Waals surface area contributed by atoms with Crippen LogP contribution >= 0.6 is 20.3 Å². The van der Waals surface area contributed by atoms with E-state index >= 15 is 0 Å². The van der Waals surface area contributed by atoms with E-state index in [0.717, 1.165) is 66.5 Å². The van der Waals surface area contributed by atoms with E-state index in [9.17, 15) is 4.79 Å². The first-order chi connectivity index (χ1) is 31.7. The molecule has 0 bridgehead atoms. The number of aldehydes is 1. The highest BCUT2D eigenvalue weighted by molar-refractivity contribution is 8.34. The number of hydrogen-bond donors (Lipinski definition) is 0. The summed E-state index contributed by atoms with van der Waals surface area (Å²) in [5.74, 6) is 2.88. The van der Waals surface area contributed by atoms with Crippen LogP contribution in [-0.2, 0) is 23.9 Å². The number of likely N-dealkylation sites (N-methyl/N-ethyl adjacent to an activating group) is 1. The zero-order chi connectivity index (χ0) is 49.4. The highest BCUT2D eigenvalue weighted by atomic mass is 32.3. The number of anilines is 1. The molecule has 0 aliphatic carbocycles. The van der Waals surface area contributed by atoms with Gasteiger partial charge in [0, 0.05) is 35.9 Å². The van der Waals surface area contributed by atoms with Gasteiger partial charge in [0.1, 0.15) is 28.4 Å². The summed E-state index contributed by atoms with van der Waals surface area (Å²) in [4.78, 5) is 18.1. The number of unbranched alkanes of at least 4 members (excludes halogenated alkanes) is 8. The number of hydrogen-bond acceptors (Lipinski definition) is 8. The van der Waals surface area contributed by atoms with Gasteiger partial charge in [-0.25, -0.2) is 10.0 Å². The zero-order valence-electron chi connectivity index (χ0n) is 44.5. The fourth-order valence-electron chi connectivity index (χ4n) is 9.09. The molecule has 2 atom stereocenters. The molecule has 2 aliphatic rings. The van der Waals surface area contributed by atoms with Crippen LogP contribution in [0.25, 0.3) is 10.8 Å². The molecule has 67 heavy (non-hydrogen) atoms. The van der Waals surface area contributed by atoms with Crippen molar-refractivity contribution < 1.29 is 27.9 Å². The Hall–Kier alpha value is -3.02. The van der Waals surface area contributed by atoms with Crippen molar-refractivity contribution in [2.45, 2.75) is 172 Å². The topological polar surface area (TPSA) is 78.8 Å². The Morgan fingerprint density at radius 2 is 1.51 bits per heavy atom. The normalized spacial score (nSPS) is 17.8. The number of rotatable bonds is 28. The largest absolute Gasteiger partial charge is 0.497 e. The fourth-order valence-corrected chi connectivity index (χ4v) is 13.7. The summed E-state index contributed by atoms with van der Waals surface area (Å²) in [5, 5.41) is 2.16. The molecule has 10 heteroatoms. The van der Waals surface area contributed by atoms with Crippen molar-refractivity contribution in [1.82, 2.24) is 0 Å². The van der Waals surface area contributed by atoms with Crippen molar-refractivity contribution in [3.05, 3.63) is 72.3 Å². The number of ether oxygens (including phenoxy) is 4. The van der Waals surface area contributed by atoms with Crippen LogP contribution in [0.2, 0.25) is 0 Å². The second-order valence-corrected chi connectivity index (χ2v) is 29.3. The number of aliphatic imine (C=N–C) groups is 1. The van der Waals surface area contributed by atoms with Gasteiger partial charge in [0.25, 0.3) is 0 Å². The minimum atomic E-state index is -1.26. The van der Waals surface area contributed by atoms with Crippen molar-refractivity contribution in [3.8, 4) is 11.5 Å². The first-order valence-corrected chi connectivity index (χ1v) is 30.3. The summed E-state index contributed by atoms with van der Waals surface area (Å²) in [6.07, 6.45) is 33.2. The Bertz CT molecular complexity index is 2040. The Balaban J connectivity index is 0.000000311. The standard InChI is InChI=1S/C34H70O4S2.C23H22N2O2/c1-11-13-15-16-17-18-19-20-21-22-24-32(25-27-35)37-30-29-36-28-23-26-33(3,4)40(9,10)38-34(5,6)39(7,8)31-14-12-2;1-22(2)18-7-5-6-8-19(18)25(3)23(22)14-24-21-17-13-16(26-4)11-9-15(17)10-12-20(21)27-23/h21-22,27,32H,11-20,23-26,28-31H2,1-10H3;5-14H,1-4H3/b22-21+;. The van der Waals surface area contributed by atoms with E-state index in [4.69, 9.17) is 28.1 Å². The van der Waals surface area contributed by atoms with Crippen LogP contribution in [0.15, 0.2) is 71.7 Å². The lowest BCUT2D eigenvalue weighted by molar-refractivity contribution is -0.110. The smallest absolute Gasteiger partial charge is 0.228 e. The summed E-state index contributed by atoms with van der Waals surface area (Å²) in [7, 11) is 1.65. The van der Waals surface area contributed by atoms with E-state index in [-0.39, 0.29) is 21.2 Å². The Labute approximate surface area is 411 Å². The molecule has 0 saturated heterocycles. The SMILES string of the molecule is CCCCCCCCC/C=C/CC(CC=O)OCCOCCCC(C)(C)S(C)(C)OC(C)(C)S(C)(C)CCCC.COc1ccc2ccc3c(c2c1)N=CC1(O3)N(C)c2ccccc2C1(C)C. The molecule has 0 radical (unpaired) electrons. The highest BCUT2D eigenvalue weighted by Gasteiger charge is 2.58. The minimum Gasteiger partial charge on any atom is -0.497 e. The second-order valence-electron chi connectivity index (χ2n) is 21.1. The van der Waals surface area contributed by atoms with Crippen LogP contribution in [0.1, 0.15) is 151 Å². The van der Waals surface area contributed by atoms with Gasteiger partial charge in [0.2, 0.25) is 5.72 Å². The van der Waals surface area contributed by atoms with E-state index < -0.39 is 26.1 Å². The molecule has 2 aliphatic heterocycles. The minimum absolute atomic E-state index is 0.0427. The molecular weight excluding hydrogens is 873 g/mol. The van der Waals surface area contributed by atoms with E-state index in [1.165, 1.54) is 74.8 Å². The van der Waals surface area contributed by atoms with Gasteiger partial charge in [-0.15, -0.1) is 10.3 Å². The molecule has 0 N–H and O–H groups in total. The number of nitrogens with zero attached hydrogens (tertiary/aromatic N) is 2. The van der Waals surface area contributed by atoms with Crippen molar-refractivity contribution >= 4 is 55.0 Å². The molecule has 0 aromatic heterocycles. The van der Waals surface area contributed by atoms with Crippen molar-refractivity contribution in [3.63, 3.8) is 0 Å². The van der Waals surface area contributed by atoms with Crippen LogP contribution < -0.4 is 14.4 Å². The third-order valence-electron chi connectivity index (χ3n) is 14.8. The Morgan fingerprint density at radius 3 is 2.19 bits per heavy atom. The van der Waals surface area contributed by atoms with E-state index in [0.29, 0.717) is 19.6 Å². The molecule has 2 unspecified atom stereocenters. The molecule has 0 amide bonds. The number of fused-ring (bicyclic) bond motifs is 4. The lowest BCUT2D eigenvalue weighted by Crippen LogP contribution is -2.61. The fraction of sp³-hybridized carbons (Fsp3) is 0.649. The summed E-state index contributed by atoms with van der Waals surface area (Å²) in [5.41, 5.74) is 2.40.